The van der Waals surface area contributed by atoms with Gasteiger partial charge in [-0.25, -0.2) is 4.79 Å². The van der Waals surface area contributed by atoms with Crippen LogP contribution in [0, 0.1) is 0 Å². The molecule has 92 valence electrons. The average molecular weight is 265 g/mol. The Kier molecular flexibility index (Phi) is 2.61. The Balaban J connectivity index is 2.62. The molecule has 17 heavy (non-hydrogen) atoms. The summed E-state index contributed by atoms with van der Waals surface area (Å²) in [6.07, 6.45) is -4.61. The summed E-state index contributed by atoms with van der Waals surface area (Å²) in [7, 11) is 0. The van der Waals surface area contributed by atoms with E-state index in [-0.39, 0.29) is 23.4 Å². The molecule has 0 saturated heterocycles. The van der Waals surface area contributed by atoms with Crippen LogP contribution in [-0.2, 0) is 5.41 Å². The molecule has 0 spiro atoms. The molecule has 1 saturated carbocycles. The molecule has 0 unspecified atom stereocenters. The van der Waals surface area contributed by atoms with Gasteiger partial charge in [-0.3, -0.25) is 0 Å². The Morgan fingerprint density at radius 1 is 1.35 bits per heavy atom. The Morgan fingerprint density at radius 3 is 2.35 bits per heavy atom. The second-order valence-corrected chi connectivity index (χ2v) is 4.45. The second kappa shape index (κ2) is 3.63. The molecule has 0 bridgehead atoms. The topological polar surface area (TPSA) is 37.3 Å². The largest absolute Gasteiger partial charge is 0.478 e. The molecule has 0 aliphatic heterocycles. The van der Waals surface area contributed by atoms with E-state index in [2.05, 4.69) is 0 Å². The van der Waals surface area contributed by atoms with Crippen LogP contribution in [0.4, 0.5) is 13.2 Å². The van der Waals surface area contributed by atoms with E-state index in [9.17, 15) is 18.0 Å². The van der Waals surface area contributed by atoms with E-state index in [1.54, 1.807) is 0 Å². The van der Waals surface area contributed by atoms with Crippen LogP contribution in [0.3, 0.4) is 0 Å². The van der Waals surface area contributed by atoms with Crippen LogP contribution in [0.15, 0.2) is 18.2 Å². The van der Waals surface area contributed by atoms with E-state index in [0.29, 0.717) is 0 Å². The minimum atomic E-state index is -4.44. The molecule has 6 heteroatoms. The molecule has 2 rings (SSSR count). The lowest BCUT2D eigenvalue weighted by atomic mass is 9.90. The maximum absolute atomic E-state index is 12.9. The summed E-state index contributed by atoms with van der Waals surface area (Å²) < 4.78 is 38.8. The third kappa shape index (κ3) is 1.78. The zero-order valence-corrected chi connectivity index (χ0v) is 9.27. The Bertz CT molecular complexity index is 478. The van der Waals surface area contributed by atoms with Crippen molar-refractivity contribution in [2.24, 2.45) is 0 Å². The fourth-order valence-electron chi connectivity index (χ4n) is 1.97. The number of carbonyl (C=O) groups is 1. The van der Waals surface area contributed by atoms with Gasteiger partial charge in [0.25, 0.3) is 0 Å². The molecule has 0 aromatic heterocycles. The van der Waals surface area contributed by atoms with Gasteiger partial charge >= 0.3 is 12.1 Å². The summed E-state index contributed by atoms with van der Waals surface area (Å²) in [6, 6.07) is 3.81. The van der Waals surface area contributed by atoms with Crippen molar-refractivity contribution in [1.82, 2.24) is 0 Å². The van der Waals surface area contributed by atoms with Crippen molar-refractivity contribution in [3.8, 4) is 0 Å². The van der Waals surface area contributed by atoms with Gasteiger partial charge in [0.05, 0.1) is 16.0 Å². The third-order valence-corrected chi connectivity index (χ3v) is 3.35. The Hall–Kier alpha value is -1.23. The van der Waals surface area contributed by atoms with Crippen molar-refractivity contribution in [3.05, 3.63) is 34.3 Å². The van der Waals surface area contributed by atoms with Crippen LogP contribution in [-0.4, -0.2) is 17.3 Å². The van der Waals surface area contributed by atoms with Crippen molar-refractivity contribution < 1.29 is 23.1 Å². The summed E-state index contributed by atoms with van der Waals surface area (Å²) in [4.78, 5) is 11.0. The monoisotopic (exact) mass is 264 g/mol. The first-order valence-electron chi connectivity index (χ1n) is 4.88. The molecule has 0 atom stereocenters. The maximum Gasteiger partial charge on any atom is 0.398 e. The van der Waals surface area contributed by atoms with E-state index in [1.807, 2.05) is 0 Å². The predicted octanol–water partition coefficient (Wildman–Crippen LogP) is 3.63. The van der Waals surface area contributed by atoms with Crippen LogP contribution >= 0.6 is 11.6 Å². The number of rotatable bonds is 2. The van der Waals surface area contributed by atoms with Crippen LogP contribution in [0.2, 0.25) is 5.02 Å². The Morgan fingerprint density at radius 2 is 1.94 bits per heavy atom. The first kappa shape index (κ1) is 12.2. The highest BCUT2D eigenvalue weighted by Gasteiger charge is 2.65. The molecule has 1 aromatic carbocycles. The molecule has 0 heterocycles. The van der Waals surface area contributed by atoms with Gasteiger partial charge in [-0.2, -0.15) is 13.2 Å². The highest BCUT2D eigenvalue weighted by Crippen LogP contribution is 2.60. The highest BCUT2D eigenvalue weighted by molar-refractivity contribution is 6.33. The maximum atomic E-state index is 12.9. The zero-order chi connectivity index (χ0) is 12.8. The van der Waals surface area contributed by atoms with Crippen molar-refractivity contribution >= 4 is 17.6 Å². The number of alkyl halides is 3. The van der Waals surface area contributed by atoms with Crippen LogP contribution in [0.1, 0.15) is 28.8 Å². The first-order chi connectivity index (χ1) is 7.79. The Labute approximate surface area is 100 Å². The van der Waals surface area contributed by atoms with E-state index in [0.717, 1.165) is 0 Å². The minimum Gasteiger partial charge on any atom is -0.478 e. The van der Waals surface area contributed by atoms with E-state index in [1.165, 1.54) is 18.2 Å². The molecular weight excluding hydrogens is 257 g/mol. The normalized spacial score (nSPS) is 17.9. The lowest BCUT2D eigenvalue weighted by Gasteiger charge is -2.21. The third-order valence-electron chi connectivity index (χ3n) is 3.04. The minimum absolute atomic E-state index is 0.0862. The summed E-state index contributed by atoms with van der Waals surface area (Å²) >= 11 is 5.66. The number of hydrogen-bond acceptors (Lipinski definition) is 1. The second-order valence-electron chi connectivity index (χ2n) is 4.05. The lowest BCUT2D eigenvalue weighted by Crippen LogP contribution is -2.30. The molecular formula is C11H8ClF3O2. The first-order valence-corrected chi connectivity index (χ1v) is 5.26. The summed E-state index contributed by atoms with van der Waals surface area (Å²) in [6.45, 7) is 0. The summed E-state index contributed by atoms with van der Waals surface area (Å²) in [5.74, 6) is -1.43. The average Bonchev–Trinajstić information content (AvgIpc) is 2.95. The van der Waals surface area contributed by atoms with Gasteiger partial charge in [0.15, 0.2) is 0 Å². The quantitative estimate of drug-likeness (QED) is 0.886. The van der Waals surface area contributed by atoms with Crippen molar-refractivity contribution in [3.63, 3.8) is 0 Å². The van der Waals surface area contributed by atoms with Gasteiger partial charge in [-0.1, -0.05) is 23.7 Å². The van der Waals surface area contributed by atoms with Crippen molar-refractivity contribution in [1.29, 1.82) is 0 Å². The molecule has 0 radical (unpaired) electrons. The smallest absolute Gasteiger partial charge is 0.398 e. The number of carboxylic acids is 1. The van der Waals surface area contributed by atoms with E-state index < -0.39 is 23.1 Å². The number of hydrogen-bond donors (Lipinski definition) is 1. The molecule has 1 fully saturated rings. The molecule has 1 aliphatic rings. The molecule has 1 aromatic rings. The number of halogens is 4. The van der Waals surface area contributed by atoms with Crippen LogP contribution < -0.4 is 0 Å². The lowest BCUT2D eigenvalue weighted by molar-refractivity contribution is -0.160. The highest BCUT2D eigenvalue weighted by atomic mass is 35.5. The van der Waals surface area contributed by atoms with Crippen LogP contribution in [0.5, 0.6) is 0 Å². The van der Waals surface area contributed by atoms with Crippen molar-refractivity contribution in [2.45, 2.75) is 24.4 Å². The molecule has 0 amide bonds. The van der Waals surface area contributed by atoms with Gasteiger partial charge < -0.3 is 5.11 Å². The number of carboxylic acid groups (broad SMARTS) is 1. The standard InChI is InChI=1S/C11H8ClF3O2/c12-7-3-1-2-6(8(7)9(16)17)10(4-5-10)11(13,14)15/h1-3H,4-5H2,(H,16,17). The fraction of sp³-hybridized carbons (Fsp3) is 0.364. The van der Waals surface area contributed by atoms with Gasteiger partial charge in [0.2, 0.25) is 0 Å². The summed E-state index contributed by atoms with van der Waals surface area (Å²) in [5, 5.41) is 8.79. The van der Waals surface area contributed by atoms with Gasteiger partial charge in [0.1, 0.15) is 0 Å². The van der Waals surface area contributed by atoms with E-state index >= 15 is 0 Å². The summed E-state index contributed by atoms with van der Waals surface area (Å²) in [5.41, 5.74) is -2.69. The fourth-order valence-corrected chi connectivity index (χ4v) is 2.23. The molecule has 1 N–H and O–H groups in total. The molecule has 1 aliphatic carbocycles. The van der Waals surface area contributed by atoms with Gasteiger partial charge in [-0.05, 0) is 24.5 Å². The predicted molar refractivity (Wildman–Crippen MR) is 55.4 cm³/mol. The van der Waals surface area contributed by atoms with Crippen molar-refractivity contribution in [2.75, 3.05) is 0 Å². The SMILES string of the molecule is O=C(O)c1c(Cl)cccc1C1(C(F)(F)F)CC1. The van der Waals surface area contributed by atoms with Gasteiger partial charge in [-0.15, -0.1) is 0 Å². The number of benzene rings is 1. The van der Waals surface area contributed by atoms with Crippen LogP contribution in [0.25, 0.3) is 0 Å². The van der Waals surface area contributed by atoms with Gasteiger partial charge in [0, 0.05) is 0 Å². The molecule has 2 nitrogen and oxygen atoms in total. The number of aromatic carboxylic acids is 1. The van der Waals surface area contributed by atoms with E-state index in [4.69, 9.17) is 16.7 Å². The zero-order valence-electron chi connectivity index (χ0n) is 8.51.